The number of hydrogen-bond donors (Lipinski definition) is 4. The van der Waals surface area contributed by atoms with Gasteiger partial charge >= 0.3 is 6.18 Å². The molecule has 0 heterocycles. The number of hydrazine groups is 1. The first-order valence-corrected chi connectivity index (χ1v) is 6.03. The second kappa shape index (κ2) is 6.93. The molecule has 1 aromatic carbocycles. The lowest BCUT2D eigenvalue weighted by Crippen LogP contribution is -2.37. The van der Waals surface area contributed by atoms with E-state index in [2.05, 4.69) is 10.6 Å². The molecule has 0 radical (unpaired) electrons. The lowest BCUT2D eigenvalue weighted by atomic mass is 10.1. The van der Waals surface area contributed by atoms with Crippen LogP contribution in [0.15, 0.2) is 18.2 Å². The van der Waals surface area contributed by atoms with Crippen LogP contribution in [-0.2, 0) is 11.0 Å². The minimum atomic E-state index is -4.66. The first-order valence-electron chi connectivity index (χ1n) is 6.03. The molecule has 0 saturated carbocycles. The predicted octanol–water partition coefficient (Wildman–Crippen LogP) is 0.857. The van der Waals surface area contributed by atoms with Crippen LogP contribution in [0.5, 0.6) is 0 Å². The number of rotatable bonds is 5. The number of nitrogen functional groups attached to an aromatic ring is 1. The molecular weight excluding hydrogens is 289 g/mol. The van der Waals surface area contributed by atoms with Gasteiger partial charge in [0.2, 0.25) is 5.91 Å². The molecule has 0 bridgehead atoms. The summed E-state index contributed by atoms with van der Waals surface area (Å²) in [7, 11) is 0. The summed E-state index contributed by atoms with van der Waals surface area (Å²) in [4.78, 5) is 23.1. The van der Waals surface area contributed by atoms with Gasteiger partial charge < -0.3 is 16.1 Å². The van der Waals surface area contributed by atoms with E-state index in [1.807, 2.05) is 5.43 Å². The number of carbonyl (C=O) groups is 2. The van der Waals surface area contributed by atoms with Crippen LogP contribution in [0.4, 0.5) is 18.9 Å². The lowest BCUT2D eigenvalue weighted by Gasteiger charge is -2.15. The van der Waals surface area contributed by atoms with Gasteiger partial charge in [-0.05, 0) is 19.1 Å². The van der Waals surface area contributed by atoms with Crippen molar-refractivity contribution in [2.24, 2.45) is 5.84 Å². The number of hydrogen-bond acceptors (Lipinski definition) is 4. The third-order valence-electron chi connectivity index (χ3n) is 2.54. The third kappa shape index (κ3) is 4.35. The molecule has 0 fully saturated rings. The van der Waals surface area contributed by atoms with Gasteiger partial charge in [-0.15, -0.1) is 0 Å². The van der Waals surface area contributed by atoms with Crippen molar-refractivity contribution in [3.05, 3.63) is 29.3 Å². The Balaban J connectivity index is 2.97. The molecule has 2 amide bonds. The fourth-order valence-electron chi connectivity index (χ4n) is 1.65. The van der Waals surface area contributed by atoms with Crippen molar-refractivity contribution >= 4 is 17.5 Å². The van der Waals surface area contributed by atoms with Crippen molar-refractivity contribution in [3.63, 3.8) is 0 Å². The van der Waals surface area contributed by atoms with Crippen LogP contribution in [0.3, 0.4) is 0 Å². The van der Waals surface area contributed by atoms with Gasteiger partial charge in [-0.25, -0.2) is 0 Å². The Labute approximate surface area is 118 Å². The monoisotopic (exact) mass is 304 g/mol. The van der Waals surface area contributed by atoms with E-state index in [4.69, 9.17) is 5.84 Å². The van der Waals surface area contributed by atoms with E-state index < -0.39 is 29.2 Å². The summed E-state index contributed by atoms with van der Waals surface area (Å²) < 4.78 is 38.4. The number of alkyl halides is 3. The highest BCUT2D eigenvalue weighted by atomic mass is 19.4. The summed E-state index contributed by atoms with van der Waals surface area (Å²) in [5.41, 5.74) is -0.0145. The summed E-state index contributed by atoms with van der Waals surface area (Å²) in [6, 6.07) is 3.07. The number of amides is 2. The molecule has 6 nitrogen and oxygen atoms in total. The van der Waals surface area contributed by atoms with Crippen LogP contribution in [-0.4, -0.2) is 24.9 Å². The first-order chi connectivity index (χ1) is 9.81. The zero-order valence-electron chi connectivity index (χ0n) is 11.2. The maximum absolute atomic E-state index is 12.8. The van der Waals surface area contributed by atoms with Gasteiger partial charge in [0.1, 0.15) is 0 Å². The standard InChI is InChI=1S/C12H15F3N4O2/c1-2-17-9(20)6-18-11(21)7-4-3-5-8(10(7)19-16)12(13,14)15/h3-5,19H,2,6,16H2,1H3,(H,17,20)(H,18,21). The molecule has 0 saturated heterocycles. The Morgan fingerprint density at radius 3 is 2.43 bits per heavy atom. The lowest BCUT2D eigenvalue weighted by molar-refractivity contribution is -0.137. The van der Waals surface area contributed by atoms with Gasteiger partial charge in [0, 0.05) is 6.54 Å². The van der Waals surface area contributed by atoms with E-state index in [1.165, 1.54) is 6.07 Å². The molecule has 1 aromatic rings. The van der Waals surface area contributed by atoms with Crippen molar-refractivity contribution in [2.75, 3.05) is 18.5 Å². The topological polar surface area (TPSA) is 96.2 Å². The van der Waals surface area contributed by atoms with Crippen LogP contribution < -0.4 is 21.9 Å². The number of likely N-dealkylation sites (N-methyl/N-ethyl adjacent to an activating group) is 1. The SMILES string of the molecule is CCNC(=O)CNC(=O)c1cccc(C(F)(F)F)c1NN. The van der Waals surface area contributed by atoms with Crippen LogP contribution in [0.2, 0.25) is 0 Å². The quantitative estimate of drug-likeness (QED) is 0.479. The van der Waals surface area contributed by atoms with Gasteiger partial charge in [0.05, 0.1) is 23.4 Å². The smallest absolute Gasteiger partial charge is 0.355 e. The van der Waals surface area contributed by atoms with Gasteiger partial charge in [0.15, 0.2) is 0 Å². The molecule has 116 valence electrons. The largest absolute Gasteiger partial charge is 0.418 e. The molecule has 0 unspecified atom stereocenters. The molecule has 21 heavy (non-hydrogen) atoms. The van der Waals surface area contributed by atoms with Crippen LogP contribution in [0.1, 0.15) is 22.8 Å². The zero-order valence-corrected chi connectivity index (χ0v) is 11.2. The average Bonchev–Trinajstić information content (AvgIpc) is 2.43. The van der Waals surface area contributed by atoms with Gasteiger partial charge in [-0.3, -0.25) is 15.4 Å². The van der Waals surface area contributed by atoms with E-state index in [9.17, 15) is 22.8 Å². The summed E-state index contributed by atoms with van der Waals surface area (Å²) in [5.74, 6) is 3.80. The Morgan fingerprint density at radius 2 is 1.90 bits per heavy atom. The van der Waals surface area contributed by atoms with Crippen molar-refractivity contribution < 1.29 is 22.8 Å². The Hall–Kier alpha value is -2.29. The second-order valence-corrected chi connectivity index (χ2v) is 4.01. The van der Waals surface area contributed by atoms with Crippen molar-refractivity contribution in [1.29, 1.82) is 0 Å². The Bertz CT molecular complexity index is 532. The number of halogens is 3. The third-order valence-corrected chi connectivity index (χ3v) is 2.54. The predicted molar refractivity (Wildman–Crippen MR) is 70.3 cm³/mol. The first kappa shape index (κ1) is 16.8. The number of anilines is 1. The molecule has 0 spiro atoms. The minimum Gasteiger partial charge on any atom is -0.355 e. The number of para-hydroxylation sites is 1. The highest BCUT2D eigenvalue weighted by Gasteiger charge is 2.35. The molecule has 1 rings (SSSR count). The molecule has 5 N–H and O–H groups in total. The van der Waals surface area contributed by atoms with E-state index in [1.54, 1.807) is 6.92 Å². The van der Waals surface area contributed by atoms with Crippen LogP contribution >= 0.6 is 0 Å². The van der Waals surface area contributed by atoms with E-state index in [0.29, 0.717) is 6.54 Å². The number of carbonyl (C=O) groups excluding carboxylic acids is 2. The van der Waals surface area contributed by atoms with Gasteiger partial charge in [-0.1, -0.05) is 6.07 Å². The molecule has 0 aliphatic heterocycles. The van der Waals surface area contributed by atoms with Crippen molar-refractivity contribution in [1.82, 2.24) is 10.6 Å². The summed E-state index contributed by atoms with van der Waals surface area (Å²) in [6.07, 6.45) is -4.66. The highest BCUT2D eigenvalue weighted by molar-refractivity contribution is 6.01. The van der Waals surface area contributed by atoms with E-state index in [-0.39, 0.29) is 12.1 Å². The fraction of sp³-hybridized carbons (Fsp3) is 0.333. The van der Waals surface area contributed by atoms with Crippen LogP contribution in [0, 0.1) is 0 Å². The summed E-state index contributed by atoms with van der Waals surface area (Å²) >= 11 is 0. The Morgan fingerprint density at radius 1 is 1.24 bits per heavy atom. The van der Waals surface area contributed by atoms with E-state index in [0.717, 1.165) is 12.1 Å². The number of benzene rings is 1. The molecule has 9 heteroatoms. The highest BCUT2D eigenvalue weighted by Crippen LogP contribution is 2.36. The number of nitrogens with one attached hydrogen (secondary N) is 3. The van der Waals surface area contributed by atoms with Crippen LogP contribution in [0.25, 0.3) is 0 Å². The molecular formula is C12H15F3N4O2. The average molecular weight is 304 g/mol. The maximum atomic E-state index is 12.8. The zero-order chi connectivity index (χ0) is 16.0. The minimum absolute atomic E-state index is 0.295. The molecule has 0 aromatic heterocycles. The molecule has 0 atom stereocenters. The van der Waals surface area contributed by atoms with Crippen molar-refractivity contribution in [3.8, 4) is 0 Å². The fourth-order valence-corrected chi connectivity index (χ4v) is 1.65. The van der Waals surface area contributed by atoms with E-state index >= 15 is 0 Å². The second-order valence-electron chi connectivity index (χ2n) is 4.01. The normalized spacial score (nSPS) is 10.9. The molecule has 0 aliphatic rings. The van der Waals surface area contributed by atoms with Gasteiger partial charge in [-0.2, -0.15) is 13.2 Å². The van der Waals surface area contributed by atoms with Crippen molar-refractivity contribution in [2.45, 2.75) is 13.1 Å². The Kier molecular flexibility index (Phi) is 5.53. The summed E-state index contributed by atoms with van der Waals surface area (Å²) in [6.45, 7) is 1.74. The summed E-state index contributed by atoms with van der Waals surface area (Å²) in [5, 5.41) is 4.67. The number of nitrogens with two attached hydrogens (primary N) is 1. The van der Waals surface area contributed by atoms with Gasteiger partial charge in [0.25, 0.3) is 5.91 Å². The maximum Gasteiger partial charge on any atom is 0.418 e. The molecule has 0 aliphatic carbocycles.